The molecule has 0 spiro atoms. The zero-order chi connectivity index (χ0) is 15.1. The molecule has 2 N–H and O–H groups in total. The Morgan fingerprint density at radius 2 is 2.00 bits per heavy atom. The summed E-state index contributed by atoms with van der Waals surface area (Å²) in [6, 6.07) is 13.3. The highest BCUT2D eigenvalue weighted by atomic mass is 16.2. The van der Waals surface area contributed by atoms with E-state index in [0.29, 0.717) is 18.8 Å². The molecule has 0 aliphatic heterocycles. The van der Waals surface area contributed by atoms with Gasteiger partial charge in [0, 0.05) is 25.4 Å². The Kier molecular flexibility index (Phi) is 5.08. The summed E-state index contributed by atoms with van der Waals surface area (Å²) < 4.78 is 0. The van der Waals surface area contributed by atoms with Crippen molar-refractivity contribution < 1.29 is 4.79 Å². The third-order valence-electron chi connectivity index (χ3n) is 2.93. The topological polar surface area (TPSA) is 59.2 Å². The number of nitrogens with two attached hydrogens (primary N) is 1. The fourth-order valence-corrected chi connectivity index (χ4v) is 1.87. The van der Waals surface area contributed by atoms with Crippen molar-refractivity contribution in [3.63, 3.8) is 0 Å². The molecule has 0 aliphatic carbocycles. The van der Waals surface area contributed by atoms with E-state index in [-0.39, 0.29) is 5.91 Å². The molecule has 0 bridgehead atoms. The number of rotatable bonds is 3. The van der Waals surface area contributed by atoms with Crippen molar-refractivity contribution in [3.05, 3.63) is 65.5 Å². The lowest BCUT2D eigenvalue weighted by Gasteiger charge is -2.16. The van der Waals surface area contributed by atoms with Crippen LogP contribution in [0.1, 0.15) is 21.6 Å². The molecule has 0 aliphatic rings. The van der Waals surface area contributed by atoms with Crippen LogP contribution in [0.3, 0.4) is 0 Å². The van der Waals surface area contributed by atoms with Crippen molar-refractivity contribution in [1.29, 1.82) is 0 Å². The highest BCUT2D eigenvalue weighted by Gasteiger charge is 2.13. The SMILES string of the molecule is CN(Cc1ccccc1)C(=O)c1ccc(C#CCN)cn1. The first-order valence-corrected chi connectivity index (χ1v) is 6.65. The van der Waals surface area contributed by atoms with Crippen LogP contribution in [0.15, 0.2) is 48.7 Å². The minimum absolute atomic E-state index is 0.114. The molecule has 1 heterocycles. The van der Waals surface area contributed by atoms with Gasteiger partial charge in [-0.3, -0.25) is 4.79 Å². The first-order valence-electron chi connectivity index (χ1n) is 6.65. The van der Waals surface area contributed by atoms with Crippen LogP contribution < -0.4 is 5.73 Å². The van der Waals surface area contributed by atoms with Gasteiger partial charge in [-0.05, 0) is 17.7 Å². The molecule has 1 aromatic carbocycles. The molecule has 2 rings (SSSR count). The van der Waals surface area contributed by atoms with E-state index in [2.05, 4.69) is 16.8 Å². The van der Waals surface area contributed by atoms with Gasteiger partial charge in [0.1, 0.15) is 5.69 Å². The highest BCUT2D eigenvalue weighted by molar-refractivity contribution is 5.92. The number of carbonyl (C=O) groups is 1. The van der Waals surface area contributed by atoms with Crippen LogP contribution in [0.4, 0.5) is 0 Å². The zero-order valence-corrected chi connectivity index (χ0v) is 11.9. The number of carbonyl (C=O) groups excluding carboxylic acids is 1. The smallest absolute Gasteiger partial charge is 0.272 e. The second kappa shape index (κ2) is 7.22. The van der Waals surface area contributed by atoms with E-state index in [4.69, 9.17) is 5.73 Å². The minimum atomic E-state index is -0.114. The third kappa shape index (κ3) is 4.16. The summed E-state index contributed by atoms with van der Waals surface area (Å²) in [5.41, 5.74) is 7.56. The maximum Gasteiger partial charge on any atom is 0.272 e. The minimum Gasteiger partial charge on any atom is -0.336 e. The van der Waals surface area contributed by atoms with Gasteiger partial charge >= 0.3 is 0 Å². The summed E-state index contributed by atoms with van der Waals surface area (Å²) in [4.78, 5) is 18.1. The van der Waals surface area contributed by atoms with E-state index in [0.717, 1.165) is 11.1 Å². The van der Waals surface area contributed by atoms with E-state index in [1.165, 1.54) is 0 Å². The first-order chi connectivity index (χ1) is 10.2. The lowest BCUT2D eigenvalue weighted by atomic mass is 10.2. The Hall–Kier alpha value is -2.64. The molecule has 0 saturated heterocycles. The van der Waals surface area contributed by atoms with E-state index >= 15 is 0 Å². The maximum atomic E-state index is 12.3. The first kappa shape index (κ1) is 14.8. The van der Waals surface area contributed by atoms with Gasteiger partial charge in [0.15, 0.2) is 0 Å². The summed E-state index contributed by atoms with van der Waals surface area (Å²) >= 11 is 0. The molecule has 2 aromatic rings. The molecule has 1 amide bonds. The van der Waals surface area contributed by atoms with Crippen LogP contribution in [0.2, 0.25) is 0 Å². The number of nitrogens with zero attached hydrogens (tertiary/aromatic N) is 2. The Morgan fingerprint density at radius 3 is 2.62 bits per heavy atom. The predicted octanol–water partition coefficient (Wildman–Crippen LogP) is 1.66. The zero-order valence-electron chi connectivity index (χ0n) is 11.9. The van der Waals surface area contributed by atoms with E-state index < -0.39 is 0 Å². The van der Waals surface area contributed by atoms with Crippen LogP contribution >= 0.6 is 0 Å². The number of pyridine rings is 1. The summed E-state index contributed by atoms with van der Waals surface area (Å²) in [5, 5.41) is 0. The van der Waals surface area contributed by atoms with Gasteiger partial charge in [0.25, 0.3) is 5.91 Å². The van der Waals surface area contributed by atoms with Gasteiger partial charge in [-0.15, -0.1) is 0 Å². The molecule has 4 heteroatoms. The fraction of sp³-hybridized carbons (Fsp3) is 0.176. The van der Waals surface area contributed by atoms with Crippen molar-refractivity contribution in [1.82, 2.24) is 9.88 Å². The van der Waals surface area contributed by atoms with Gasteiger partial charge in [-0.1, -0.05) is 42.2 Å². The van der Waals surface area contributed by atoms with Crippen molar-refractivity contribution in [2.45, 2.75) is 6.54 Å². The summed E-state index contributed by atoms with van der Waals surface area (Å²) in [6.07, 6.45) is 1.59. The van der Waals surface area contributed by atoms with Gasteiger partial charge in [-0.2, -0.15) is 0 Å². The van der Waals surface area contributed by atoms with Crippen molar-refractivity contribution in [2.24, 2.45) is 5.73 Å². The highest BCUT2D eigenvalue weighted by Crippen LogP contribution is 2.07. The molecular formula is C17H17N3O. The lowest BCUT2D eigenvalue weighted by molar-refractivity contribution is 0.0779. The molecule has 1 aromatic heterocycles. The summed E-state index contributed by atoms with van der Waals surface area (Å²) in [7, 11) is 1.76. The van der Waals surface area contributed by atoms with E-state index in [1.807, 2.05) is 30.3 Å². The lowest BCUT2D eigenvalue weighted by Crippen LogP contribution is -2.26. The van der Waals surface area contributed by atoms with Crippen molar-refractivity contribution >= 4 is 5.91 Å². The largest absolute Gasteiger partial charge is 0.336 e. The molecular weight excluding hydrogens is 262 g/mol. The van der Waals surface area contributed by atoms with Gasteiger partial charge in [-0.25, -0.2) is 4.98 Å². The molecule has 0 saturated carbocycles. The number of hydrogen-bond donors (Lipinski definition) is 1. The number of benzene rings is 1. The van der Waals surface area contributed by atoms with Gasteiger partial charge < -0.3 is 10.6 Å². The Morgan fingerprint density at radius 1 is 1.24 bits per heavy atom. The third-order valence-corrected chi connectivity index (χ3v) is 2.93. The molecule has 0 atom stereocenters. The second-order valence-electron chi connectivity index (χ2n) is 4.58. The standard InChI is InChI=1S/C17H17N3O/c1-20(13-15-6-3-2-4-7-15)17(21)16-10-9-14(12-19-16)8-5-11-18/h2-4,6-7,9-10,12H,11,13,18H2,1H3. The number of aromatic nitrogens is 1. The molecule has 0 fully saturated rings. The quantitative estimate of drug-likeness (QED) is 0.869. The van der Waals surface area contributed by atoms with Gasteiger partial charge in [0.05, 0.1) is 6.54 Å². The maximum absolute atomic E-state index is 12.3. The Labute approximate surface area is 124 Å². The average Bonchev–Trinajstić information content (AvgIpc) is 2.53. The van der Waals surface area contributed by atoms with E-state index in [9.17, 15) is 4.79 Å². The van der Waals surface area contributed by atoms with Crippen molar-refractivity contribution in [2.75, 3.05) is 13.6 Å². The van der Waals surface area contributed by atoms with Crippen LogP contribution in [0.25, 0.3) is 0 Å². The normalized spacial score (nSPS) is 9.62. The Bertz CT molecular complexity index is 654. The molecule has 106 valence electrons. The monoisotopic (exact) mass is 279 g/mol. The van der Waals surface area contributed by atoms with Crippen LogP contribution in [-0.4, -0.2) is 29.4 Å². The van der Waals surface area contributed by atoms with E-state index in [1.54, 1.807) is 30.3 Å². The molecule has 0 unspecified atom stereocenters. The number of hydrogen-bond acceptors (Lipinski definition) is 3. The number of amides is 1. The molecule has 4 nitrogen and oxygen atoms in total. The second-order valence-corrected chi connectivity index (χ2v) is 4.58. The van der Waals surface area contributed by atoms with Crippen LogP contribution in [0, 0.1) is 11.8 Å². The van der Waals surface area contributed by atoms with Crippen LogP contribution in [-0.2, 0) is 6.54 Å². The van der Waals surface area contributed by atoms with Crippen LogP contribution in [0.5, 0.6) is 0 Å². The molecule has 0 radical (unpaired) electrons. The molecule has 21 heavy (non-hydrogen) atoms. The van der Waals surface area contributed by atoms with Gasteiger partial charge in [0.2, 0.25) is 0 Å². The average molecular weight is 279 g/mol. The predicted molar refractivity (Wildman–Crippen MR) is 82.4 cm³/mol. The van der Waals surface area contributed by atoms with Crippen molar-refractivity contribution in [3.8, 4) is 11.8 Å². The Balaban J connectivity index is 2.05. The summed E-state index contributed by atoms with van der Waals surface area (Å²) in [5.74, 6) is 5.51. The fourth-order valence-electron chi connectivity index (χ4n) is 1.87. The summed E-state index contributed by atoms with van der Waals surface area (Å²) in [6.45, 7) is 0.858.